The van der Waals surface area contributed by atoms with Crippen LogP contribution in [0.25, 0.3) is 0 Å². The van der Waals surface area contributed by atoms with Gasteiger partial charge in [0.15, 0.2) is 5.82 Å². The van der Waals surface area contributed by atoms with E-state index in [4.69, 9.17) is 0 Å². The van der Waals surface area contributed by atoms with Gasteiger partial charge in [0.1, 0.15) is 0 Å². The topological polar surface area (TPSA) is 52.6 Å². The van der Waals surface area contributed by atoms with Crippen LogP contribution in [0.15, 0.2) is 60.1 Å². The lowest BCUT2D eigenvalue weighted by Gasteiger charge is -2.37. The SMILES string of the molecule is CN(CC(=O)N1CCc2sccc2C1c1ccccc1)CC1CCCN1c1cccnn1. The largest absolute Gasteiger partial charge is 0.351 e. The smallest absolute Gasteiger partial charge is 0.237 e. The molecule has 0 saturated carbocycles. The maximum Gasteiger partial charge on any atom is 0.237 e. The Morgan fingerprint density at radius 1 is 1.16 bits per heavy atom. The van der Waals surface area contributed by atoms with Gasteiger partial charge in [-0.15, -0.1) is 16.4 Å². The van der Waals surface area contributed by atoms with Crippen LogP contribution >= 0.6 is 11.3 Å². The average Bonchev–Trinajstić information content (AvgIpc) is 3.49. The molecule has 32 heavy (non-hydrogen) atoms. The molecule has 5 rings (SSSR count). The first-order valence-corrected chi connectivity index (χ1v) is 12.2. The molecule has 0 aliphatic carbocycles. The molecule has 2 aliphatic rings. The number of likely N-dealkylation sites (N-methyl/N-ethyl adjacent to an activating group) is 1. The summed E-state index contributed by atoms with van der Waals surface area (Å²) in [7, 11) is 2.06. The van der Waals surface area contributed by atoms with Gasteiger partial charge in [-0.1, -0.05) is 30.3 Å². The first kappa shape index (κ1) is 21.1. The van der Waals surface area contributed by atoms with E-state index < -0.39 is 0 Å². The second-order valence-corrected chi connectivity index (χ2v) is 9.72. The highest BCUT2D eigenvalue weighted by Crippen LogP contribution is 2.37. The third-order valence-electron chi connectivity index (χ3n) is 6.56. The number of hydrogen-bond acceptors (Lipinski definition) is 6. The molecule has 2 aliphatic heterocycles. The third kappa shape index (κ3) is 4.27. The summed E-state index contributed by atoms with van der Waals surface area (Å²) in [6, 6.07) is 16.9. The molecule has 3 aromatic rings. The fourth-order valence-electron chi connectivity index (χ4n) is 5.10. The summed E-state index contributed by atoms with van der Waals surface area (Å²) in [5, 5.41) is 10.5. The number of amides is 1. The Bertz CT molecular complexity index is 1040. The molecular weight excluding hydrogens is 418 g/mol. The van der Waals surface area contributed by atoms with Crippen molar-refractivity contribution in [3.05, 3.63) is 76.1 Å². The third-order valence-corrected chi connectivity index (χ3v) is 7.56. The number of benzene rings is 1. The Kier molecular flexibility index (Phi) is 6.19. The van der Waals surface area contributed by atoms with Gasteiger partial charge in [-0.25, -0.2) is 0 Å². The molecule has 2 aromatic heterocycles. The van der Waals surface area contributed by atoms with Crippen molar-refractivity contribution < 1.29 is 4.79 Å². The predicted molar refractivity (Wildman–Crippen MR) is 128 cm³/mol. The van der Waals surface area contributed by atoms with Crippen molar-refractivity contribution in [1.29, 1.82) is 0 Å². The maximum atomic E-state index is 13.5. The van der Waals surface area contributed by atoms with Gasteiger partial charge in [-0.05, 0) is 61.0 Å². The van der Waals surface area contributed by atoms with Gasteiger partial charge in [-0.2, -0.15) is 5.10 Å². The quantitative estimate of drug-likeness (QED) is 0.578. The summed E-state index contributed by atoms with van der Waals surface area (Å²) in [5.74, 6) is 1.13. The zero-order valence-electron chi connectivity index (χ0n) is 18.4. The predicted octanol–water partition coefficient (Wildman–Crippen LogP) is 3.61. The van der Waals surface area contributed by atoms with Crippen molar-refractivity contribution in [2.45, 2.75) is 31.3 Å². The Balaban J connectivity index is 1.29. The normalized spacial score (nSPS) is 20.6. The summed E-state index contributed by atoms with van der Waals surface area (Å²) in [6.07, 6.45) is 4.91. The minimum absolute atomic E-state index is 0.00896. The lowest BCUT2D eigenvalue weighted by atomic mass is 9.93. The highest BCUT2D eigenvalue weighted by atomic mass is 32.1. The zero-order valence-corrected chi connectivity index (χ0v) is 19.2. The molecule has 2 atom stereocenters. The van der Waals surface area contributed by atoms with Crippen LogP contribution in [0.1, 0.15) is 34.9 Å². The van der Waals surface area contributed by atoms with Crippen molar-refractivity contribution >= 4 is 23.1 Å². The van der Waals surface area contributed by atoms with Crippen LogP contribution in [0.5, 0.6) is 0 Å². The molecule has 6 nitrogen and oxygen atoms in total. The van der Waals surface area contributed by atoms with Crippen LogP contribution < -0.4 is 4.90 Å². The van der Waals surface area contributed by atoms with Crippen LogP contribution in [0.3, 0.4) is 0 Å². The number of nitrogens with zero attached hydrogens (tertiary/aromatic N) is 5. The van der Waals surface area contributed by atoms with Crippen LogP contribution in [-0.2, 0) is 11.2 Å². The van der Waals surface area contributed by atoms with E-state index in [1.54, 1.807) is 17.5 Å². The molecule has 1 aromatic carbocycles. The standard InChI is InChI=1S/C25H29N5OS/c1-28(17-20-9-6-14-29(20)23-10-5-13-26-27-23)18-24(31)30-15-11-22-21(12-16-32-22)25(30)19-7-3-2-4-8-19/h2-5,7-8,10,12-13,16,20,25H,6,9,11,14-15,17-18H2,1H3. The van der Waals surface area contributed by atoms with E-state index in [0.29, 0.717) is 12.6 Å². The average molecular weight is 448 g/mol. The molecule has 2 unspecified atom stereocenters. The summed E-state index contributed by atoms with van der Waals surface area (Å²) in [5.41, 5.74) is 2.47. The van der Waals surface area contributed by atoms with Gasteiger partial charge in [0, 0.05) is 36.8 Å². The molecule has 7 heteroatoms. The summed E-state index contributed by atoms with van der Waals surface area (Å²) < 4.78 is 0. The molecular formula is C25H29N5OS. The minimum Gasteiger partial charge on any atom is -0.351 e. The van der Waals surface area contributed by atoms with Crippen molar-refractivity contribution in [3.63, 3.8) is 0 Å². The van der Waals surface area contributed by atoms with Gasteiger partial charge in [0.2, 0.25) is 5.91 Å². The summed E-state index contributed by atoms with van der Waals surface area (Å²) in [4.78, 5) is 21.5. The second-order valence-electron chi connectivity index (χ2n) is 8.72. The van der Waals surface area contributed by atoms with E-state index in [2.05, 4.69) is 67.7 Å². The van der Waals surface area contributed by atoms with Gasteiger partial charge in [0.25, 0.3) is 0 Å². The van der Waals surface area contributed by atoms with Crippen molar-refractivity contribution in [1.82, 2.24) is 20.0 Å². The van der Waals surface area contributed by atoms with E-state index in [1.807, 2.05) is 18.2 Å². The fraction of sp³-hybridized carbons (Fsp3) is 0.400. The zero-order chi connectivity index (χ0) is 21.9. The maximum absolute atomic E-state index is 13.5. The van der Waals surface area contributed by atoms with Crippen LogP contribution in [-0.4, -0.2) is 65.2 Å². The molecule has 166 valence electrons. The number of aromatic nitrogens is 2. The van der Waals surface area contributed by atoms with Crippen molar-refractivity contribution in [3.8, 4) is 0 Å². The first-order chi connectivity index (χ1) is 15.7. The molecule has 1 amide bonds. The Labute approximate surface area is 193 Å². The Hall–Kier alpha value is -2.77. The summed E-state index contributed by atoms with van der Waals surface area (Å²) in [6.45, 7) is 3.03. The molecule has 0 radical (unpaired) electrons. The number of fused-ring (bicyclic) bond motifs is 1. The molecule has 1 fully saturated rings. The lowest BCUT2D eigenvalue weighted by molar-refractivity contribution is -0.134. The van der Waals surface area contributed by atoms with Crippen molar-refractivity contribution in [2.75, 3.05) is 38.1 Å². The number of anilines is 1. The second kappa shape index (κ2) is 9.38. The van der Waals surface area contributed by atoms with Gasteiger partial charge in [-0.3, -0.25) is 9.69 Å². The molecule has 4 heterocycles. The molecule has 1 saturated heterocycles. The highest BCUT2D eigenvalue weighted by molar-refractivity contribution is 7.10. The Morgan fingerprint density at radius 2 is 2.03 bits per heavy atom. The Morgan fingerprint density at radius 3 is 2.84 bits per heavy atom. The highest BCUT2D eigenvalue weighted by Gasteiger charge is 2.34. The monoisotopic (exact) mass is 447 g/mol. The number of hydrogen-bond donors (Lipinski definition) is 0. The van der Waals surface area contributed by atoms with Gasteiger partial charge in [0.05, 0.1) is 12.6 Å². The molecule has 0 spiro atoms. The number of carbonyl (C=O) groups is 1. The summed E-state index contributed by atoms with van der Waals surface area (Å²) >= 11 is 1.81. The van der Waals surface area contributed by atoms with Crippen LogP contribution in [0.4, 0.5) is 5.82 Å². The first-order valence-electron chi connectivity index (χ1n) is 11.3. The van der Waals surface area contributed by atoms with E-state index in [9.17, 15) is 4.79 Å². The fourth-order valence-corrected chi connectivity index (χ4v) is 6.00. The van der Waals surface area contributed by atoms with Gasteiger partial charge < -0.3 is 9.80 Å². The molecule has 0 N–H and O–H groups in total. The van der Waals surface area contributed by atoms with Crippen LogP contribution in [0, 0.1) is 0 Å². The van der Waals surface area contributed by atoms with E-state index in [0.717, 1.165) is 44.7 Å². The minimum atomic E-state index is 0.00896. The van der Waals surface area contributed by atoms with Crippen molar-refractivity contribution in [2.24, 2.45) is 0 Å². The number of rotatable bonds is 6. The number of carbonyl (C=O) groups excluding carboxylic acids is 1. The van der Waals surface area contributed by atoms with E-state index in [-0.39, 0.29) is 11.9 Å². The lowest BCUT2D eigenvalue weighted by Crippen LogP contribution is -2.47. The van der Waals surface area contributed by atoms with E-state index in [1.165, 1.54) is 16.0 Å². The molecule has 0 bridgehead atoms. The number of thiophene rings is 1. The van der Waals surface area contributed by atoms with Gasteiger partial charge >= 0.3 is 0 Å². The van der Waals surface area contributed by atoms with E-state index >= 15 is 0 Å². The van der Waals surface area contributed by atoms with Crippen LogP contribution in [0.2, 0.25) is 0 Å².